The van der Waals surface area contributed by atoms with Crippen LogP contribution in [-0.2, 0) is 23.9 Å². The number of rotatable bonds is 3. The molecule has 0 saturated heterocycles. The van der Waals surface area contributed by atoms with E-state index in [-0.39, 0.29) is 22.6 Å². The molecule has 0 N–H and O–H groups in total. The molecule has 0 bridgehead atoms. The van der Waals surface area contributed by atoms with Crippen molar-refractivity contribution < 1.29 is 23.9 Å². The zero-order valence-electron chi connectivity index (χ0n) is 13.7. The Labute approximate surface area is 130 Å². The van der Waals surface area contributed by atoms with Crippen LogP contribution < -0.4 is 0 Å². The minimum atomic E-state index is -0.764. The fourth-order valence-electron chi connectivity index (χ4n) is 1.95. The number of ether oxygens (including phenoxy) is 2. The Hall–Kier alpha value is -2.37. The van der Waals surface area contributed by atoms with Gasteiger partial charge in [-0.2, -0.15) is 0 Å². The maximum absolute atomic E-state index is 12.7. The lowest BCUT2D eigenvalue weighted by atomic mass is 9.86. The molecule has 0 aromatic rings. The molecule has 6 heteroatoms. The molecule has 0 aromatic heterocycles. The van der Waals surface area contributed by atoms with Crippen molar-refractivity contribution in [2.45, 2.75) is 20.8 Å². The van der Waals surface area contributed by atoms with Crippen LogP contribution >= 0.6 is 0 Å². The molecule has 1 aliphatic rings. The largest absolute Gasteiger partial charge is 0.465 e. The lowest BCUT2D eigenvalue weighted by Crippen LogP contribution is -2.32. The number of Topliss-reactive ketones (excluding diaryl/α,β-unsaturated/α-hetero) is 1. The Balaban J connectivity index is 3.69. The van der Waals surface area contributed by atoms with Gasteiger partial charge in [-0.3, -0.25) is 4.79 Å². The number of ketones is 1. The molecule has 6 nitrogen and oxygen atoms in total. The lowest BCUT2D eigenvalue weighted by Gasteiger charge is -2.26. The zero-order chi connectivity index (χ0) is 17.1. The van der Waals surface area contributed by atoms with E-state index >= 15 is 0 Å². The molecule has 0 spiro atoms. The SMILES string of the molecule is COC(=O)C1=CC=CN(C)C(C(=O)C(C)(C)C)=C1C(=O)OC. The van der Waals surface area contributed by atoms with Crippen molar-refractivity contribution in [2.24, 2.45) is 5.41 Å². The highest BCUT2D eigenvalue weighted by Gasteiger charge is 2.36. The predicted octanol–water partition coefficient (Wildman–Crippen LogP) is 1.59. The average molecular weight is 307 g/mol. The number of hydrogen-bond donors (Lipinski definition) is 0. The van der Waals surface area contributed by atoms with E-state index in [9.17, 15) is 14.4 Å². The molecular formula is C16H21NO5. The van der Waals surface area contributed by atoms with Crippen LogP contribution in [0.5, 0.6) is 0 Å². The molecule has 22 heavy (non-hydrogen) atoms. The standard InChI is InChI=1S/C16H21NO5/c1-16(2,3)13(18)12-11(15(20)22-6)10(14(19)21-5)8-7-9-17(12)4/h7-9H,1-6H3. The first kappa shape index (κ1) is 17.7. The van der Waals surface area contributed by atoms with Gasteiger partial charge in [0.25, 0.3) is 0 Å². The van der Waals surface area contributed by atoms with Crippen LogP contribution in [0.1, 0.15) is 20.8 Å². The Kier molecular flexibility index (Phi) is 5.30. The van der Waals surface area contributed by atoms with Crippen LogP contribution in [0.15, 0.2) is 35.2 Å². The van der Waals surface area contributed by atoms with Crippen LogP contribution in [0.4, 0.5) is 0 Å². The summed E-state index contributed by atoms with van der Waals surface area (Å²) in [5.41, 5.74) is -0.739. The van der Waals surface area contributed by atoms with Crippen LogP contribution in [0.25, 0.3) is 0 Å². The van der Waals surface area contributed by atoms with Gasteiger partial charge in [0.05, 0.1) is 19.8 Å². The number of hydrogen-bond acceptors (Lipinski definition) is 6. The summed E-state index contributed by atoms with van der Waals surface area (Å²) in [5.74, 6) is -1.75. The van der Waals surface area contributed by atoms with E-state index in [1.165, 1.54) is 25.2 Å². The molecule has 0 amide bonds. The smallest absolute Gasteiger partial charge is 0.341 e. The molecule has 0 aromatic carbocycles. The zero-order valence-corrected chi connectivity index (χ0v) is 13.7. The second-order valence-corrected chi connectivity index (χ2v) is 5.82. The number of allylic oxidation sites excluding steroid dienone is 3. The summed E-state index contributed by atoms with van der Waals surface area (Å²) in [6, 6.07) is 0. The van der Waals surface area contributed by atoms with Gasteiger partial charge in [-0.05, 0) is 12.2 Å². The number of carbonyl (C=O) groups is 3. The Morgan fingerprint density at radius 2 is 1.59 bits per heavy atom. The average Bonchev–Trinajstić information content (AvgIpc) is 2.62. The number of methoxy groups -OCH3 is 2. The van der Waals surface area contributed by atoms with E-state index in [0.29, 0.717) is 0 Å². The first-order valence-corrected chi connectivity index (χ1v) is 6.72. The molecule has 0 unspecified atom stereocenters. The second-order valence-electron chi connectivity index (χ2n) is 5.82. The quantitative estimate of drug-likeness (QED) is 0.737. The fraction of sp³-hybridized carbons (Fsp3) is 0.438. The Morgan fingerprint density at radius 1 is 1.05 bits per heavy atom. The summed E-state index contributed by atoms with van der Waals surface area (Å²) < 4.78 is 9.47. The molecule has 0 aliphatic carbocycles. The molecule has 0 saturated carbocycles. The normalized spacial score (nSPS) is 15.2. The molecule has 120 valence electrons. The van der Waals surface area contributed by atoms with Crippen molar-refractivity contribution in [3.63, 3.8) is 0 Å². The molecular weight excluding hydrogens is 286 g/mol. The highest BCUT2D eigenvalue weighted by Crippen LogP contribution is 2.29. The van der Waals surface area contributed by atoms with Gasteiger partial charge in [-0.25, -0.2) is 9.59 Å². The van der Waals surface area contributed by atoms with E-state index in [1.54, 1.807) is 40.1 Å². The Bertz CT molecular complexity index is 590. The summed E-state index contributed by atoms with van der Waals surface area (Å²) >= 11 is 0. The van der Waals surface area contributed by atoms with Gasteiger partial charge < -0.3 is 14.4 Å². The molecule has 0 radical (unpaired) electrons. The van der Waals surface area contributed by atoms with Crippen molar-refractivity contribution in [1.82, 2.24) is 4.90 Å². The maximum Gasteiger partial charge on any atom is 0.341 e. The first-order chi connectivity index (χ1) is 10.1. The van der Waals surface area contributed by atoms with Crippen LogP contribution in [0, 0.1) is 5.41 Å². The van der Waals surface area contributed by atoms with Gasteiger partial charge in [-0.1, -0.05) is 20.8 Å². The summed E-state index contributed by atoms with van der Waals surface area (Å²) in [5, 5.41) is 0. The molecule has 0 fully saturated rings. The van der Waals surface area contributed by atoms with E-state index in [2.05, 4.69) is 0 Å². The highest BCUT2D eigenvalue weighted by atomic mass is 16.5. The molecule has 1 heterocycles. The van der Waals surface area contributed by atoms with E-state index in [1.807, 2.05) is 0 Å². The minimum Gasteiger partial charge on any atom is -0.465 e. The summed E-state index contributed by atoms with van der Waals surface area (Å²) in [6.07, 6.45) is 4.59. The Morgan fingerprint density at radius 3 is 2.05 bits per heavy atom. The van der Waals surface area contributed by atoms with Crippen molar-refractivity contribution in [2.75, 3.05) is 21.3 Å². The molecule has 0 atom stereocenters. The van der Waals surface area contributed by atoms with E-state index in [0.717, 1.165) is 0 Å². The van der Waals surface area contributed by atoms with Gasteiger partial charge in [-0.15, -0.1) is 0 Å². The van der Waals surface area contributed by atoms with Gasteiger partial charge in [0, 0.05) is 18.7 Å². The third-order valence-corrected chi connectivity index (χ3v) is 3.12. The van der Waals surface area contributed by atoms with Crippen molar-refractivity contribution in [3.05, 3.63) is 35.2 Å². The summed E-state index contributed by atoms with van der Waals surface area (Å²) in [7, 11) is 4.04. The third-order valence-electron chi connectivity index (χ3n) is 3.12. The van der Waals surface area contributed by atoms with E-state index < -0.39 is 17.4 Å². The monoisotopic (exact) mass is 307 g/mol. The molecule has 1 aliphatic heterocycles. The van der Waals surface area contributed by atoms with Crippen LogP contribution in [-0.4, -0.2) is 43.9 Å². The fourth-order valence-corrected chi connectivity index (χ4v) is 1.95. The lowest BCUT2D eigenvalue weighted by molar-refractivity contribution is -0.140. The predicted molar refractivity (Wildman–Crippen MR) is 80.5 cm³/mol. The highest BCUT2D eigenvalue weighted by molar-refractivity contribution is 6.14. The molecule has 1 rings (SSSR count). The number of nitrogens with zero attached hydrogens (tertiary/aromatic N) is 1. The van der Waals surface area contributed by atoms with Gasteiger partial charge in [0.15, 0.2) is 5.78 Å². The van der Waals surface area contributed by atoms with Crippen LogP contribution in [0.3, 0.4) is 0 Å². The summed E-state index contributed by atoms with van der Waals surface area (Å²) in [6.45, 7) is 5.21. The van der Waals surface area contributed by atoms with Gasteiger partial charge in [0.1, 0.15) is 11.3 Å². The van der Waals surface area contributed by atoms with Crippen molar-refractivity contribution in [1.29, 1.82) is 0 Å². The van der Waals surface area contributed by atoms with Crippen LogP contribution in [0.2, 0.25) is 0 Å². The second kappa shape index (κ2) is 6.60. The third kappa shape index (κ3) is 3.44. The number of esters is 2. The van der Waals surface area contributed by atoms with Gasteiger partial charge >= 0.3 is 11.9 Å². The maximum atomic E-state index is 12.7. The number of likely N-dealkylation sites (N-methyl/N-ethyl adjacent to an activating group) is 1. The van der Waals surface area contributed by atoms with E-state index in [4.69, 9.17) is 9.47 Å². The van der Waals surface area contributed by atoms with Crippen molar-refractivity contribution >= 4 is 17.7 Å². The minimum absolute atomic E-state index is 0.0115. The van der Waals surface area contributed by atoms with Gasteiger partial charge in [0.2, 0.25) is 0 Å². The topological polar surface area (TPSA) is 72.9 Å². The first-order valence-electron chi connectivity index (χ1n) is 6.72. The summed E-state index contributed by atoms with van der Waals surface area (Å²) in [4.78, 5) is 38.4. The van der Waals surface area contributed by atoms with Crippen molar-refractivity contribution in [3.8, 4) is 0 Å². The number of carbonyl (C=O) groups excluding carboxylic acids is 3.